The number of hydrogen-bond donors (Lipinski definition) is 3. The fourth-order valence-electron chi connectivity index (χ4n) is 6.96. The number of fused-ring (bicyclic) bond motifs is 1. The number of likely N-dealkylation sites (tertiary alicyclic amines) is 1. The van der Waals surface area contributed by atoms with Gasteiger partial charge >= 0.3 is 0 Å². The van der Waals surface area contributed by atoms with Crippen molar-refractivity contribution in [2.75, 3.05) is 24.4 Å². The molecule has 3 N–H and O–H groups in total. The van der Waals surface area contributed by atoms with Crippen LogP contribution in [0, 0.1) is 17.8 Å². The van der Waals surface area contributed by atoms with E-state index in [1.165, 1.54) is 4.90 Å². The summed E-state index contributed by atoms with van der Waals surface area (Å²) in [6.45, 7) is 5.47. The lowest BCUT2D eigenvalue weighted by Gasteiger charge is -2.38. The Labute approximate surface area is 228 Å². The fraction of sp³-hybridized carbons (Fsp3) is 0.500. The largest absolute Gasteiger partial charge is 0.497 e. The molecule has 0 radical (unpaired) electrons. The SMILES string of the molecule is CC[C@@]12CCC3(O1)C(C(=O)Nc1ccc(OC)cc1)N([C@@H](CO)C(C)C)C(=O)[C@@H]3[C@@H]2C(=O)Nc1ccccc1. The van der Waals surface area contributed by atoms with E-state index in [2.05, 4.69) is 10.6 Å². The molecule has 0 aromatic heterocycles. The molecule has 9 nitrogen and oxygen atoms in total. The first kappa shape index (κ1) is 27.1. The van der Waals surface area contributed by atoms with Gasteiger partial charge in [0, 0.05) is 11.4 Å². The van der Waals surface area contributed by atoms with Crippen molar-refractivity contribution in [1.82, 2.24) is 4.90 Å². The van der Waals surface area contributed by atoms with Gasteiger partial charge in [-0.15, -0.1) is 0 Å². The highest BCUT2D eigenvalue weighted by molar-refractivity contribution is 6.05. The number of rotatable bonds is 9. The first-order valence-electron chi connectivity index (χ1n) is 13.7. The third-order valence-electron chi connectivity index (χ3n) is 8.86. The third-order valence-corrected chi connectivity index (χ3v) is 8.86. The second-order valence-corrected chi connectivity index (χ2v) is 11.1. The van der Waals surface area contributed by atoms with Gasteiger partial charge in [-0.3, -0.25) is 14.4 Å². The monoisotopic (exact) mass is 535 g/mol. The van der Waals surface area contributed by atoms with Crippen molar-refractivity contribution in [2.24, 2.45) is 17.8 Å². The molecule has 0 saturated carbocycles. The van der Waals surface area contributed by atoms with Crippen LogP contribution in [-0.4, -0.2) is 64.7 Å². The van der Waals surface area contributed by atoms with Gasteiger partial charge in [-0.2, -0.15) is 0 Å². The number of carbonyl (C=O) groups excluding carboxylic acids is 3. The fourth-order valence-corrected chi connectivity index (χ4v) is 6.96. The summed E-state index contributed by atoms with van der Waals surface area (Å²) < 4.78 is 12.0. The van der Waals surface area contributed by atoms with Crippen molar-refractivity contribution in [1.29, 1.82) is 0 Å². The average Bonchev–Trinajstić information content (AvgIpc) is 3.54. The minimum absolute atomic E-state index is 0.126. The predicted molar refractivity (Wildman–Crippen MR) is 146 cm³/mol. The zero-order chi connectivity index (χ0) is 27.9. The van der Waals surface area contributed by atoms with Crippen LogP contribution in [0.15, 0.2) is 54.6 Å². The topological polar surface area (TPSA) is 117 Å². The van der Waals surface area contributed by atoms with Gasteiger partial charge < -0.3 is 30.1 Å². The van der Waals surface area contributed by atoms with Crippen molar-refractivity contribution in [3.8, 4) is 5.75 Å². The molecular formula is C30H37N3O6. The van der Waals surface area contributed by atoms with Gasteiger partial charge in [-0.25, -0.2) is 0 Å². The van der Waals surface area contributed by atoms with Crippen LogP contribution >= 0.6 is 0 Å². The molecule has 5 rings (SSSR count). The van der Waals surface area contributed by atoms with E-state index >= 15 is 0 Å². The number of aliphatic hydroxyl groups excluding tert-OH is 1. The van der Waals surface area contributed by atoms with E-state index in [4.69, 9.17) is 9.47 Å². The Kier molecular flexibility index (Phi) is 7.15. The maximum Gasteiger partial charge on any atom is 0.250 e. The number of nitrogens with zero attached hydrogens (tertiary/aromatic N) is 1. The Bertz CT molecular complexity index is 1240. The molecule has 9 heteroatoms. The number of amides is 3. The van der Waals surface area contributed by atoms with Crippen molar-refractivity contribution in [3.63, 3.8) is 0 Å². The van der Waals surface area contributed by atoms with Gasteiger partial charge in [0.2, 0.25) is 17.7 Å². The predicted octanol–water partition coefficient (Wildman–Crippen LogP) is 3.44. The molecule has 39 heavy (non-hydrogen) atoms. The molecule has 1 spiro atoms. The molecular weight excluding hydrogens is 498 g/mol. The summed E-state index contributed by atoms with van der Waals surface area (Å²) >= 11 is 0. The molecule has 3 fully saturated rings. The smallest absolute Gasteiger partial charge is 0.250 e. The molecule has 6 atom stereocenters. The first-order chi connectivity index (χ1) is 18.7. The van der Waals surface area contributed by atoms with Crippen LogP contribution in [0.25, 0.3) is 0 Å². The number of carbonyl (C=O) groups is 3. The third kappa shape index (κ3) is 4.28. The molecule has 2 aromatic carbocycles. The number of hydrogen-bond acceptors (Lipinski definition) is 6. The Hall–Kier alpha value is -3.43. The van der Waals surface area contributed by atoms with Gasteiger partial charge in [-0.1, -0.05) is 39.0 Å². The maximum atomic E-state index is 14.3. The van der Waals surface area contributed by atoms with Crippen LogP contribution in [-0.2, 0) is 19.1 Å². The van der Waals surface area contributed by atoms with E-state index in [9.17, 15) is 19.5 Å². The van der Waals surface area contributed by atoms with E-state index in [-0.39, 0.29) is 24.3 Å². The molecule has 2 bridgehead atoms. The molecule has 2 aromatic rings. The highest BCUT2D eigenvalue weighted by Crippen LogP contribution is 2.64. The van der Waals surface area contributed by atoms with E-state index in [0.29, 0.717) is 36.4 Å². The van der Waals surface area contributed by atoms with Gasteiger partial charge in [0.05, 0.1) is 37.2 Å². The van der Waals surface area contributed by atoms with Gasteiger partial charge in [0.15, 0.2) is 0 Å². The molecule has 3 aliphatic heterocycles. The Balaban J connectivity index is 1.55. The number of benzene rings is 2. The van der Waals surface area contributed by atoms with Crippen LogP contribution in [0.1, 0.15) is 40.0 Å². The van der Waals surface area contributed by atoms with E-state index in [1.807, 2.05) is 39.0 Å². The van der Waals surface area contributed by atoms with Crippen LogP contribution in [0.4, 0.5) is 11.4 Å². The summed E-state index contributed by atoms with van der Waals surface area (Å²) in [6, 6.07) is 14.5. The Morgan fingerprint density at radius 2 is 1.69 bits per heavy atom. The molecule has 3 aliphatic rings. The molecule has 3 saturated heterocycles. The van der Waals surface area contributed by atoms with Crippen LogP contribution in [0.5, 0.6) is 5.75 Å². The van der Waals surface area contributed by atoms with Crippen molar-refractivity contribution >= 4 is 29.1 Å². The standard InChI is InChI=1S/C30H37N3O6/c1-5-29-15-16-30(39-29)24(23(29)26(35)31-19-9-7-6-8-10-19)28(37)33(22(17-34)18(2)3)25(30)27(36)32-20-11-13-21(38-4)14-12-20/h6-14,18,22-25,34H,5,15-17H2,1-4H3,(H,31,35)(H,32,36)/t22-,23+,24-,25?,29-,30?/m0/s1. The second kappa shape index (κ2) is 10.3. The van der Waals surface area contributed by atoms with E-state index in [1.54, 1.807) is 43.5 Å². The summed E-state index contributed by atoms with van der Waals surface area (Å²) in [6.07, 6.45) is 1.57. The molecule has 0 aliphatic carbocycles. The number of para-hydroxylation sites is 1. The van der Waals surface area contributed by atoms with Crippen LogP contribution in [0.2, 0.25) is 0 Å². The zero-order valence-corrected chi connectivity index (χ0v) is 22.8. The normalized spacial score (nSPS) is 29.8. The van der Waals surface area contributed by atoms with Crippen molar-refractivity contribution in [2.45, 2.75) is 63.3 Å². The molecule has 208 valence electrons. The number of aliphatic hydroxyl groups is 1. The lowest BCUT2D eigenvalue weighted by Crippen LogP contribution is -2.57. The number of methoxy groups -OCH3 is 1. The van der Waals surface area contributed by atoms with E-state index < -0.39 is 41.0 Å². The Morgan fingerprint density at radius 1 is 1.05 bits per heavy atom. The van der Waals surface area contributed by atoms with Crippen molar-refractivity contribution < 1.29 is 29.0 Å². The lowest BCUT2D eigenvalue weighted by atomic mass is 9.65. The molecule has 3 heterocycles. The van der Waals surface area contributed by atoms with Crippen LogP contribution in [0.3, 0.4) is 0 Å². The zero-order valence-electron chi connectivity index (χ0n) is 22.8. The second-order valence-electron chi connectivity index (χ2n) is 11.1. The molecule has 2 unspecified atom stereocenters. The summed E-state index contributed by atoms with van der Waals surface area (Å²) in [5, 5.41) is 16.3. The molecule has 3 amide bonds. The summed E-state index contributed by atoms with van der Waals surface area (Å²) in [5.41, 5.74) is -0.840. The first-order valence-corrected chi connectivity index (χ1v) is 13.7. The number of nitrogens with one attached hydrogen (secondary N) is 2. The van der Waals surface area contributed by atoms with Gasteiger partial charge in [0.1, 0.15) is 17.4 Å². The summed E-state index contributed by atoms with van der Waals surface area (Å²) in [7, 11) is 1.57. The highest BCUT2D eigenvalue weighted by atomic mass is 16.5. The summed E-state index contributed by atoms with van der Waals surface area (Å²) in [5.74, 6) is -2.08. The average molecular weight is 536 g/mol. The highest BCUT2D eigenvalue weighted by Gasteiger charge is 2.79. The van der Waals surface area contributed by atoms with Gasteiger partial charge in [0.25, 0.3) is 0 Å². The van der Waals surface area contributed by atoms with Gasteiger partial charge in [-0.05, 0) is 61.6 Å². The Morgan fingerprint density at radius 3 is 2.28 bits per heavy atom. The number of anilines is 2. The lowest BCUT2D eigenvalue weighted by molar-refractivity contribution is -0.149. The summed E-state index contributed by atoms with van der Waals surface area (Å²) in [4.78, 5) is 43.7. The van der Waals surface area contributed by atoms with E-state index in [0.717, 1.165) is 0 Å². The van der Waals surface area contributed by atoms with Crippen molar-refractivity contribution in [3.05, 3.63) is 54.6 Å². The quantitative estimate of drug-likeness (QED) is 0.453. The minimum Gasteiger partial charge on any atom is -0.497 e. The minimum atomic E-state index is -1.18. The number of ether oxygens (including phenoxy) is 2. The van der Waals surface area contributed by atoms with Crippen LogP contribution < -0.4 is 15.4 Å². The maximum absolute atomic E-state index is 14.3.